The number of benzene rings is 1. The molecule has 0 heterocycles. The molecule has 1 aliphatic rings. The Kier molecular flexibility index (Phi) is 4.65. The smallest absolute Gasteiger partial charge is 0.388 e. The molecule has 0 bridgehead atoms. The normalized spacial score (nSPS) is 17.3. The molecule has 0 aliphatic heterocycles. The molecule has 1 aromatic carbocycles. The zero-order valence-corrected chi connectivity index (χ0v) is 12.4. The molecule has 8 heteroatoms. The summed E-state index contributed by atoms with van der Waals surface area (Å²) in [4.78, 5) is 23.3. The van der Waals surface area contributed by atoms with Crippen molar-refractivity contribution >= 4 is 17.5 Å². The fourth-order valence-corrected chi connectivity index (χ4v) is 2.12. The van der Waals surface area contributed by atoms with Gasteiger partial charge in [0.05, 0.1) is 11.2 Å². The van der Waals surface area contributed by atoms with E-state index in [2.05, 4.69) is 10.6 Å². The molecule has 1 aliphatic carbocycles. The number of aliphatic hydroxyl groups is 1. The number of rotatable bonds is 4. The lowest BCUT2D eigenvalue weighted by atomic mass is 10.0. The van der Waals surface area contributed by atoms with Crippen LogP contribution < -0.4 is 10.6 Å². The van der Waals surface area contributed by atoms with E-state index in [1.807, 2.05) is 0 Å². The number of alkyl halides is 3. The molecule has 1 atom stereocenters. The third-order valence-electron chi connectivity index (χ3n) is 3.74. The fourth-order valence-electron chi connectivity index (χ4n) is 2.12. The molecular weight excluding hydrogens is 313 g/mol. The number of carbonyl (C=O) groups excluding carboxylic acids is 2. The Morgan fingerprint density at radius 2 is 1.74 bits per heavy atom. The topological polar surface area (TPSA) is 78.4 Å². The highest BCUT2D eigenvalue weighted by atomic mass is 19.4. The lowest BCUT2D eigenvalue weighted by molar-refractivity contribution is -0.137. The highest BCUT2D eigenvalue weighted by Gasteiger charge is 2.40. The van der Waals surface area contributed by atoms with E-state index >= 15 is 0 Å². The van der Waals surface area contributed by atoms with Gasteiger partial charge in [0.2, 0.25) is 0 Å². The van der Waals surface area contributed by atoms with Crippen LogP contribution in [-0.2, 0) is 15.8 Å². The number of hydrogen-bond donors (Lipinski definition) is 3. The summed E-state index contributed by atoms with van der Waals surface area (Å²) < 4.78 is 37.3. The second-order valence-corrected chi connectivity index (χ2v) is 5.84. The predicted octanol–water partition coefficient (Wildman–Crippen LogP) is 1.92. The van der Waals surface area contributed by atoms with Gasteiger partial charge in [-0.1, -0.05) is 0 Å². The van der Waals surface area contributed by atoms with Gasteiger partial charge in [-0.2, -0.15) is 13.2 Å². The molecule has 0 aromatic heterocycles. The molecule has 5 nitrogen and oxygen atoms in total. The molecule has 1 fully saturated rings. The third kappa shape index (κ3) is 4.69. The Hall–Kier alpha value is -2.09. The van der Waals surface area contributed by atoms with Gasteiger partial charge in [0.25, 0.3) is 0 Å². The first-order valence-corrected chi connectivity index (χ1v) is 7.08. The van der Waals surface area contributed by atoms with Gasteiger partial charge in [-0.25, -0.2) is 0 Å². The first-order chi connectivity index (χ1) is 10.6. The van der Waals surface area contributed by atoms with Gasteiger partial charge < -0.3 is 15.7 Å². The maximum Gasteiger partial charge on any atom is 0.416 e. The van der Waals surface area contributed by atoms with Gasteiger partial charge in [0, 0.05) is 12.2 Å². The van der Waals surface area contributed by atoms with Crippen LogP contribution >= 0.6 is 0 Å². The van der Waals surface area contributed by atoms with Crippen molar-refractivity contribution in [1.29, 1.82) is 0 Å². The van der Waals surface area contributed by atoms with Crippen LogP contribution in [0, 0.1) is 5.92 Å². The van der Waals surface area contributed by atoms with Crippen LogP contribution in [0.2, 0.25) is 0 Å². The van der Waals surface area contributed by atoms with E-state index in [1.54, 1.807) is 6.92 Å². The third-order valence-corrected chi connectivity index (χ3v) is 3.74. The zero-order valence-electron chi connectivity index (χ0n) is 12.4. The van der Waals surface area contributed by atoms with Crippen molar-refractivity contribution in [2.45, 2.75) is 31.5 Å². The number of hydrogen-bond acceptors (Lipinski definition) is 3. The second-order valence-electron chi connectivity index (χ2n) is 5.84. The molecule has 1 unspecified atom stereocenters. The van der Waals surface area contributed by atoms with Crippen molar-refractivity contribution in [3.63, 3.8) is 0 Å². The summed E-state index contributed by atoms with van der Waals surface area (Å²) in [5, 5.41) is 14.5. The van der Waals surface area contributed by atoms with Gasteiger partial charge >= 0.3 is 18.0 Å². The van der Waals surface area contributed by atoms with Crippen LogP contribution in [0.4, 0.5) is 18.9 Å². The lowest BCUT2D eigenvalue weighted by Gasteiger charge is -2.22. The molecule has 1 saturated carbocycles. The first kappa shape index (κ1) is 17.3. The van der Waals surface area contributed by atoms with E-state index in [1.165, 1.54) is 0 Å². The number of amides is 2. The summed E-state index contributed by atoms with van der Waals surface area (Å²) in [6.07, 6.45) is -2.71. The van der Waals surface area contributed by atoms with Crippen LogP contribution in [0.25, 0.3) is 0 Å². The summed E-state index contributed by atoms with van der Waals surface area (Å²) in [6.45, 7) is 1.52. The van der Waals surface area contributed by atoms with E-state index in [0.29, 0.717) is 0 Å². The number of nitrogens with one attached hydrogen (secondary N) is 2. The zero-order chi connectivity index (χ0) is 17.3. The van der Waals surface area contributed by atoms with E-state index in [-0.39, 0.29) is 18.2 Å². The molecule has 23 heavy (non-hydrogen) atoms. The van der Waals surface area contributed by atoms with Crippen LogP contribution in [0.3, 0.4) is 0 Å². The Labute approximate surface area is 130 Å². The number of carbonyl (C=O) groups is 2. The molecule has 0 radical (unpaired) electrons. The predicted molar refractivity (Wildman–Crippen MR) is 76.4 cm³/mol. The first-order valence-electron chi connectivity index (χ1n) is 7.08. The van der Waals surface area contributed by atoms with E-state index in [0.717, 1.165) is 37.1 Å². The van der Waals surface area contributed by atoms with Gasteiger partial charge in [0.15, 0.2) is 0 Å². The number of halogens is 3. The van der Waals surface area contributed by atoms with Crippen LogP contribution in [-0.4, -0.2) is 29.1 Å². The Morgan fingerprint density at radius 3 is 2.22 bits per heavy atom. The fraction of sp³-hybridized carbons (Fsp3) is 0.467. The molecule has 0 spiro atoms. The minimum atomic E-state index is -4.46. The molecule has 2 amide bonds. The van der Waals surface area contributed by atoms with Crippen molar-refractivity contribution in [2.75, 3.05) is 11.9 Å². The summed E-state index contributed by atoms with van der Waals surface area (Å²) in [5.74, 6) is -1.84. The van der Waals surface area contributed by atoms with E-state index in [9.17, 15) is 27.9 Å². The van der Waals surface area contributed by atoms with Crippen molar-refractivity contribution < 1.29 is 27.9 Å². The molecule has 2 rings (SSSR count). The summed E-state index contributed by atoms with van der Waals surface area (Å²) in [5.41, 5.74) is -1.84. The van der Waals surface area contributed by atoms with Gasteiger partial charge in [-0.3, -0.25) is 9.59 Å². The molecule has 126 valence electrons. The quantitative estimate of drug-likeness (QED) is 0.738. The lowest BCUT2D eigenvalue weighted by Crippen LogP contribution is -2.45. The summed E-state index contributed by atoms with van der Waals surface area (Å²) >= 11 is 0. The van der Waals surface area contributed by atoms with Gasteiger partial charge in [-0.15, -0.1) is 0 Å². The minimum absolute atomic E-state index is 0.0586. The summed E-state index contributed by atoms with van der Waals surface area (Å²) in [7, 11) is 0. The molecule has 3 N–H and O–H groups in total. The minimum Gasteiger partial charge on any atom is -0.388 e. The van der Waals surface area contributed by atoms with Gasteiger partial charge in [0.1, 0.15) is 0 Å². The molecular formula is C15H17F3N2O3. The Balaban J connectivity index is 1.87. The Bertz CT molecular complexity index is 593. The van der Waals surface area contributed by atoms with Crippen molar-refractivity contribution in [3.8, 4) is 0 Å². The average Bonchev–Trinajstić information content (AvgIpc) is 3.29. The molecule has 1 aromatic rings. The van der Waals surface area contributed by atoms with Crippen molar-refractivity contribution in [2.24, 2.45) is 5.92 Å². The highest BCUT2D eigenvalue weighted by molar-refractivity contribution is 6.39. The molecule has 0 saturated heterocycles. The average molecular weight is 330 g/mol. The standard InChI is InChI=1S/C15H17F3N2O3/c1-14(23,9-2-3-9)8-19-12(21)13(22)20-11-6-4-10(5-7-11)15(16,17)18/h4-7,9,23H,2-3,8H2,1H3,(H,19,21)(H,20,22). The summed E-state index contributed by atoms with van der Waals surface area (Å²) in [6, 6.07) is 3.75. The van der Waals surface area contributed by atoms with E-state index < -0.39 is 29.2 Å². The maximum absolute atomic E-state index is 12.4. The van der Waals surface area contributed by atoms with Crippen molar-refractivity contribution in [1.82, 2.24) is 5.32 Å². The van der Waals surface area contributed by atoms with Crippen molar-refractivity contribution in [3.05, 3.63) is 29.8 Å². The van der Waals surface area contributed by atoms with Gasteiger partial charge in [-0.05, 0) is 49.9 Å². The van der Waals surface area contributed by atoms with Crippen LogP contribution in [0.1, 0.15) is 25.3 Å². The largest absolute Gasteiger partial charge is 0.416 e. The number of anilines is 1. The maximum atomic E-state index is 12.4. The SMILES string of the molecule is CC(O)(CNC(=O)C(=O)Nc1ccc(C(F)(F)F)cc1)C1CC1. The van der Waals surface area contributed by atoms with Crippen LogP contribution in [0.5, 0.6) is 0 Å². The highest BCUT2D eigenvalue weighted by Crippen LogP contribution is 2.39. The van der Waals surface area contributed by atoms with E-state index in [4.69, 9.17) is 0 Å². The van der Waals surface area contributed by atoms with Crippen LogP contribution in [0.15, 0.2) is 24.3 Å². The monoisotopic (exact) mass is 330 g/mol. The second kappa shape index (κ2) is 6.19. The Morgan fingerprint density at radius 1 is 1.17 bits per heavy atom.